The van der Waals surface area contributed by atoms with E-state index < -0.39 is 31.0 Å². The van der Waals surface area contributed by atoms with E-state index in [1.165, 1.54) is 0 Å². The minimum absolute atomic E-state index is 0.0237. The first-order valence-corrected chi connectivity index (χ1v) is 5.91. The molecular weight excluding hydrogens is 259 g/mol. The highest BCUT2D eigenvalue weighted by atomic mass is 19.4. The molecule has 2 nitrogen and oxygen atoms in total. The molecule has 1 atom stereocenters. The summed E-state index contributed by atoms with van der Waals surface area (Å²) in [6, 6.07) is 0. The van der Waals surface area contributed by atoms with Gasteiger partial charge in [0.15, 0.2) is 0 Å². The normalized spacial score (nSPS) is 14.8. The zero-order valence-electron chi connectivity index (χ0n) is 10.0. The Balaban J connectivity index is 4.00. The zero-order valence-corrected chi connectivity index (χ0v) is 10.0. The van der Waals surface area contributed by atoms with Gasteiger partial charge < -0.3 is 10.2 Å². The maximum absolute atomic E-state index is 12.6. The van der Waals surface area contributed by atoms with Crippen LogP contribution in [0.2, 0.25) is 0 Å². The molecule has 0 aliphatic rings. The second-order valence-corrected chi connectivity index (χ2v) is 4.36. The molecule has 1 unspecified atom stereocenters. The van der Waals surface area contributed by atoms with Crippen molar-refractivity contribution in [3.05, 3.63) is 0 Å². The molecule has 0 radical (unpaired) electrons. The summed E-state index contributed by atoms with van der Waals surface area (Å²) < 4.78 is 61.0. The Labute approximate surface area is 103 Å². The average molecular weight is 278 g/mol. The number of hydrogen-bond donors (Lipinski definition) is 2. The average Bonchev–Trinajstić information content (AvgIpc) is 2.26. The number of unbranched alkanes of at least 4 members (excludes halogenated alkanes) is 2. The highest BCUT2D eigenvalue weighted by molar-refractivity contribution is 4.77. The van der Waals surface area contributed by atoms with Gasteiger partial charge in [-0.3, -0.25) is 0 Å². The maximum Gasteiger partial charge on any atom is 0.453 e. The molecule has 0 aromatic rings. The molecule has 110 valence electrons. The number of halogens is 5. The summed E-state index contributed by atoms with van der Waals surface area (Å²) in [5.74, 6) is -5.23. The molecule has 7 heteroatoms. The lowest BCUT2D eigenvalue weighted by Crippen LogP contribution is -2.36. The standard InChI is InChI=1S/C11H19F5O2/c12-10(13,11(14,15)16)6-5-9(8-18)4-2-1-3-7-17/h9,17-18H,1-8H2. The second kappa shape index (κ2) is 7.89. The largest absolute Gasteiger partial charge is 0.453 e. The predicted octanol–water partition coefficient (Wildman–Crippen LogP) is 3.13. The zero-order chi connectivity index (χ0) is 14.2. The lowest BCUT2D eigenvalue weighted by atomic mass is 9.95. The first-order chi connectivity index (χ1) is 8.24. The predicted molar refractivity (Wildman–Crippen MR) is 56.4 cm³/mol. The van der Waals surface area contributed by atoms with Gasteiger partial charge in [-0.05, 0) is 25.2 Å². The molecule has 0 bridgehead atoms. The van der Waals surface area contributed by atoms with Gasteiger partial charge in [-0.25, -0.2) is 0 Å². The fourth-order valence-electron chi connectivity index (χ4n) is 1.58. The molecule has 0 aromatic carbocycles. The molecule has 2 N–H and O–H groups in total. The topological polar surface area (TPSA) is 40.5 Å². The van der Waals surface area contributed by atoms with E-state index in [-0.39, 0.29) is 13.0 Å². The smallest absolute Gasteiger partial charge is 0.396 e. The van der Waals surface area contributed by atoms with Crippen LogP contribution in [0.4, 0.5) is 22.0 Å². The van der Waals surface area contributed by atoms with Crippen molar-refractivity contribution in [2.45, 2.75) is 50.6 Å². The van der Waals surface area contributed by atoms with Gasteiger partial charge in [0.05, 0.1) is 0 Å². The van der Waals surface area contributed by atoms with Crippen molar-refractivity contribution >= 4 is 0 Å². The Hall–Kier alpha value is -0.430. The van der Waals surface area contributed by atoms with E-state index in [2.05, 4.69) is 0 Å². The number of rotatable bonds is 9. The van der Waals surface area contributed by atoms with Crippen LogP contribution in [0.15, 0.2) is 0 Å². The molecule has 0 amide bonds. The summed E-state index contributed by atoms with van der Waals surface area (Å²) in [7, 11) is 0. The van der Waals surface area contributed by atoms with Crippen LogP contribution in [0.3, 0.4) is 0 Å². The SMILES string of the molecule is OCCCCCC(CO)CCC(F)(F)C(F)(F)F. The van der Waals surface area contributed by atoms with Gasteiger partial charge in [-0.15, -0.1) is 0 Å². The first-order valence-electron chi connectivity index (χ1n) is 5.91. The van der Waals surface area contributed by atoms with Gasteiger partial charge >= 0.3 is 12.1 Å². The van der Waals surface area contributed by atoms with Crippen molar-refractivity contribution in [3.8, 4) is 0 Å². The van der Waals surface area contributed by atoms with Crippen molar-refractivity contribution in [2.24, 2.45) is 5.92 Å². The minimum Gasteiger partial charge on any atom is -0.396 e. The van der Waals surface area contributed by atoms with Crippen LogP contribution >= 0.6 is 0 Å². The Kier molecular flexibility index (Phi) is 7.70. The summed E-state index contributed by atoms with van der Waals surface area (Å²) >= 11 is 0. The van der Waals surface area contributed by atoms with Gasteiger partial charge in [0, 0.05) is 19.6 Å². The Morgan fingerprint density at radius 2 is 1.44 bits per heavy atom. The summed E-state index contributed by atoms with van der Waals surface area (Å²) in [4.78, 5) is 0. The van der Waals surface area contributed by atoms with E-state index in [4.69, 9.17) is 10.2 Å². The number of aliphatic hydroxyl groups excluding tert-OH is 2. The Morgan fingerprint density at radius 3 is 1.89 bits per heavy atom. The van der Waals surface area contributed by atoms with E-state index >= 15 is 0 Å². The van der Waals surface area contributed by atoms with Gasteiger partial charge in [0.25, 0.3) is 0 Å². The molecule has 0 spiro atoms. The van der Waals surface area contributed by atoms with Crippen LogP contribution in [0.25, 0.3) is 0 Å². The third-order valence-corrected chi connectivity index (χ3v) is 2.81. The van der Waals surface area contributed by atoms with Gasteiger partial charge in [-0.1, -0.05) is 12.8 Å². The molecule has 0 aromatic heterocycles. The van der Waals surface area contributed by atoms with Crippen LogP contribution in [-0.4, -0.2) is 35.5 Å². The van der Waals surface area contributed by atoms with Gasteiger partial charge in [0.1, 0.15) is 0 Å². The van der Waals surface area contributed by atoms with Gasteiger partial charge in [0.2, 0.25) is 0 Å². The van der Waals surface area contributed by atoms with E-state index in [9.17, 15) is 22.0 Å². The molecule has 18 heavy (non-hydrogen) atoms. The monoisotopic (exact) mass is 278 g/mol. The van der Waals surface area contributed by atoms with Crippen LogP contribution in [-0.2, 0) is 0 Å². The van der Waals surface area contributed by atoms with E-state index in [1.807, 2.05) is 0 Å². The third kappa shape index (κ3) is 6.49. The van der Waals surface area contributed by atoms with Crippen LogP contribution in [0.1, 0.15) is 38.5 Å². The highest BCUT2D eigenvalue weighted by Gasteiger charge is 2.56. The number of alkyl halides is 5. The maximum atomic E-state index is 12.6. The van der Waals surface area contributed by atoms with Gasteiger partial charge in [-0.2, -0.15) is 22.0 Å². The summed E-state index contributed by atoms with van der Waals surface area (Å²) in [5, 5.41) is 17.4. The van der Waals surface area contributed by atoms with Crippen LogP contribution < -0.4 is 0 Å². The molecule has 0 heterocycles. The molecule has 0 rings (SSSR count). The van der Waals surface area contributed by atoms with Crippen LogP contribution in [0.5, 0.6) is 0 Å². The second-order valence-electron chi connectivity index (χ2n) is 4.36. The molecule has 0 saturated carbocycles. The summed E-state index contributed by atoms with van der Waals surface area (Å²) in [5.41, 5.74) is 0. The number of hydrogen-bond acceptors (Lipinski definition) is 2. The Bertz CT molecular complexity index is 218. The van der Waals surface area contributed by atoms with E-state index in [0.29, 0.717) is 25.7 Å². The van der Waals surface area contributed by atoms with Crippen molar-refractivity contribution in [1.82, 2.24) is 0 Å². The highest BCUT2D eigenvalue weighted by Crippen LogP contribution is 2.39. The fraction of sp³-hybridized carbons (Fsp3) is 1.00. The summed E-state index contributed by atoms with van der Waals surface area (Å²) in [6.45, 7) is -0.372. The minimum atomic E-state index is -5.52. The lowest BCUT2D eigenvalue weighted by molar-refractivity contribution is -0.285. The Morgan fingerprint density at radius 1 is 0.833 bits per heavy atom. The third-order valence-electron chi connectivity index (χ3n) is 2.81. The van der Waals surface area contributed by atoms with Crippen molar-refractivity contribution in [3.63, 3.8) is 0 Å². The first kappa shape index (κ1) is 17.6. The molecule has 0 aliphatic heterocycles. The van der Waals surface area contributed by atoms with E-state index in [1.54, 1.807) is 0 Å². The summed E-state index contributed by atoms with van der Waals surface area (Å²) in [6.07, 6.45) is -4.94. The quantitative estimate of drug-likeness (QED) is 0.502. The molecule has 0 saturated heterocycles. The van der Waals surface area contributed by atoms with E-state index in [0.717, 1.165) is 0 Å². The molecular formula is C11H19F5O2. The fourth-order valence-corrected chi connectivity index (χ4v) is 1.58. The van der Waals surface area contributed by atoms with Crippen molar-refractivity contribution in [1.29, 1.82) is 0 Å². The van der Waals surface area contributed by atoms with Crippen molar-refractivity contribution in [2.75, 3.05) is 13.2 Å². The van der Waals surface area contributed by atoms with Crippen LogP contribution in [0, 0.1) is 5.92 Å². The molecule has 0 fully saturated rings. The lowest BCUT2D eigenvalue weighted by Gasteiger charge is -2.22. The van der Waals surface area contributed by atoms with Crippen molar-refractivity contribution < 1.29 is 32.2 Å². The number of aliphatic hydroxyl groups is 2. The molecule has 0 aliphatic carbocycles.